The summed E-state index contributed by atoms with van der Waals surface area (Å²) in [6, 6.07) is 10.1. The predicted molar refractivity (Wildman–Crippen MR) is 107 cm³/mol. The molecule has 2 aromatic rings. The summed E-state index contributed by atoms with van der Waals surface area (Å²) in [4.78, 5) is 1.42. The van der Waals surface area contributed by atoms with Crippen LogP contribution in [0.15, 0.2) is 57.6 Å². The number of hydrogen-bond donors (Lipinski definition) is 0. The van der Waals surface area contributed by atoms with Gasteiger partial charge in [0.05, 0.1) is 10.6 Å². The Morgan fingerprint density at radius 2 is 2.00 bits per heavy atom. The molecule has 0 aliphatic heterocycles. The normalized spacial score (nSPS) is 25.3. The summed E-state index contributed by atoms with van der Waals surface area (Å²) in [5.74, 6) is 1.24. The number of fused-ring (bicyclic) bond motifs is 1. The third-order valence-electron chi connectivity index (χ3n) is 5.38. The molecule has 0 bridgehead atoms. The van der Waals surface area contributed by atoms with Crippen molar-refractivity contribution in [2.45, 2.75) is 30.6 Å². The number of alkyl halides is 1. The van der Waals surface area contributed by atoms with Gasteiger partial charge in [0.15, 0.2) is 0 Å². The third kappa shape index (κ3) is 3.08. The van der Waals surface area contributed by atoms with E-state index in [-0.39, 0.29) is 0 Å². The lowest BCUT2D eigenvalue weighted by Gasteiger charge is -2.32. The Morgan fingerprint density at radius 3 is 2.69 bits per heavy atom. The molecule has 2 aliphatic carbocycles. The second kappa shape index (κ2) is 6.79. The number of aromatic nitrogens is 1. The molecule has 0 N–H and O–H groups in total. The van der Waals surface area contributed by atoms with Crippen LogP contribution in [0.2, 0.25) is 0 Å². The minimum Gasteiger partial charge on any atom is -0.347 e. The molecule has 0 spiro atoms. The highest BCUT2D eigenvalue weighted by Gasteiger charge is 2.35. The van der Waals surface area contributed by atoms with Gasteiger partial charge in [0.1, 0.15) is 0 Å². The molecule has 5 heteroatoms. The first-order valence-corrected chi connectivity index (χ1v) is 9.70. The average Bonchev–Trinajstić information content (AvgIpc) is 3.06. The highest BCUT2D eigenvalue weighted by molar-refractivity contribution is 6.32. The molecule has 3 nitrogen and oxygen atoms in total. The van der Waals surface area contributed by atoms with E-state index in [4.69, 9.17) is 27.7 Å². The lowest BCUT2D eigenvalue weighted by molar-refractivity contribution is 0.410. The van der Waals surface area contributed by atoms with Gasteiger partial charge in [-0.05, 0) is 29.9 Å². The summed E-state index contributed by atoms with van der Waals surface area (Å²) in [5.41, 5.74) is 4.56. The van der Waals surface area contributed by atoms with Crippen LogP contribution in [-0.2, 0) is 17.7 Å². The molecular formula is C21H22Cl2N2O. The highest BCUT2D eigenvalue weighted by Crippen LogP contribution is 2.46. The van der Waals surface area contributed by atoms with Crippen molar-refractivity contribution in [3.63, 3.8) is 0 Å². The number of anilines is 1. The fraction of sp³-hybridized carbons (Fsp3) is 0.381. The van der Waals surface area contributed by atoms with Crippen LogP contribution in [0.5, 0.6) is 0 Å². The van der Waals surface area contributed by atoms with Gasteiger partial charge in [-0.1, -0.05) is 59.2 Å². The van der Waals surface area contributed by atoms with Gasteiger partial charge < -0.3 is 9.42 Å². The molecule has 1 aromatic carbocycles. The molecule has 0 saturated carbocycles. The maximum absolute atomic E-state index is 6.88. The maximum atomic E-state index is 6.88. The zero-order chi connectivity index (χ0) is 18.3. The van der Waals surface area contributed by atoms with Gasteiger partial charge in [-0.25, -0.2) is 0 Å². The van der Waals surface area contributed by atoms with E-state index in [2.05, 4.69) is 29.4 Å². The zero-order valence-electron chi connectivity index (χ0n) is 15.0. The molecule has 1 heterocycles. The Labute approximate surface area is 164 Å². The molecule has 2 atom stereocenters. The van der Waals surface area contributed by atoms with E-state index in [1.165, 1.54) is 11.1 Å². The Kier molecular flexibility index (Phi) is 4.62. The molecule has 4 rings (SSSR count). The van der Waals surface area contributed by atoms with Crippen LogP contribution >= 0.6 is 23.2 Å². The molecule has 0 saturated heterocycles. The molecule has 0 fully saturated rings. The maximum Gasteiger partial charge on any atom is 0.230 e. The van der Waals surface area contributed by atoms with Gasteiger partial charge >= 0.3 is 0 Å². The van der Waals surface area contributed by atoms with E-state index in [1.54, 1.807) is 0 Å². The molecule has 26 heavy (non-hydrogen) atoms. The molecule has 2 aliphatic rings. The second-order valence-corrected chi connectivity index (χ2v) is 8.48. The lowest BCUT2D eigenvalue weighted by atomic mass is 9.78. The van der Waals surface area contributed by atoms with E-state index in [9.17, 15) is 0 Å². The van der Waals surface area contributed by atoms with Crippen molar-refractivity contribution in [1.29, 1.82) is 0 Å². The van der Waals surface area contributed by atoms with Crippen molar-refractivity contribution in [1.82, 2.24) is 5.16 Å². The van der Waals surface area contributed by atoms with E-state index in [1.807, 2.05) is 37.2 Å². The molecule has 2 unspecified atom stereocenters. The summed E-state index contributed by atoms with van der Waals surface area (Å²) in [5, 5.41) is 5.15. The van der Waals surface area contributed by atoms with Gasteiger partial charge in [0.2, 0.25) is 5.88 Å². The van der Waals surface area contributed by atoms with Gasteiger partial charge in [0.25, 0.3) is 0 Å². The fourth-order valence-corrected chi connectivity index (χ4v) is 4.80. The Morgan fingerprint density at radius 1 is 1.23 bits per heavy atom. The topological polar surface area (TPSA) is 29.3 Å². The van der Waals surface area contributed by atoms with Crippen molar-refractivity contribution < 1.29 is 4.52 Å². The monoisotopic (exact) mass is 388 g/mol. The summed E-state index contributed by atoms with van der Waals surface area (Å²) < 4.78 is 5.52. The molecular weight excluding hydrogens is 367 g/mol. The number of benzene rings is 1. The van der Waals surface area contributed by atoms with Gasteiger partial charge in [-0.15, -0.1) is 11.6 Å². The number of hydrogen-bond acceptors (Lipinski definition) is 3. The Balaban J connectivity index is 1.56. The number of allylic oxidation sites excluding steroid dienone is 4. The average molecular weight is 389 g/mol. The zero-order valence-corrected chi connectivity index (χ0v) is 16.5. The second-order valence-electron chi connectivity index (χ2n) is 7.35. The van der Waals surface area contributed by atoms with Crippen molar-refractivity contribution in [2.75, 3.05) is 19.0 Å². The summed E-state index contributed by atoms with van der Waals surface area (Å²) in [7, 11) is 3.97. The standard InChI is InChI=1S/C21H22Cl2N2O/c1-25(2)20-17-9-8-14(12-19(17)24-26-20)16-10-11-21(23,13-18(16)22)15-6-4-3-5-7-15/h3-7,10-11,14H,8-9,12-13H2,1-2H3. The van der Waals surface area contributed by atoms with Gasteiger partial charge in [-0.2, -0.15) is 0 Å². The van der Waals surface area contributed by atoms with E-state index in [0.717, 1.165) is 41.4 Å². The third-order valence-corrected chi connectivity index (χ3v) is 6.21. The first kappa shape index (κ1) is 17.7. The summed E-state index contributed by atoms with van der Waals surface area (Å²) >= 11 is 13.6. The van der Waals surface area contributed by atoms with Crippen LogP contribution in [0.25, 0.3) is 0 Å². The highest BCUT2D eigenvalue weighted by atomic mass is 35.5. The van der Waals surface area contributed by atoms with Crippen LogP contribution in [0, 0.1) is 5.92 Å². The van der Waals surface area contributed by atoms with Crippen LogP contribution in [0.3, 0.4) is 0 Å². The van der Waals surface area contributed by atoms with Crippen molar-refractivity contribution >= 4 is 29.1 Å². The Bertz CT molecular complexity index is 869. The largest absolute Gasteiger partial charge is 0.347 e. The molecule has 1 aromatic heterocycles. The SMILES string of the molecule is CN(C)c1onc2c1CCC(C1=C(Cl)CC(Cl)(c3ccccc3)C=C1)C2. The smallest absolute Gasteiger partial charge is 0.230 e. The number of nitrogens with zero attached hydrogens (tertiary/aromatic N) is 2. The summed E-state index contributed by atoms with van der Waals surface area (Å²) in [6.45, 7) is 0. The molecule has 0 amide bonds. The lowest BCUT2D eigenvalue weighted by Crippen LogP contribution is -2.23. The predicted octanol–water partition coefficient (Wildman–Crippen LogP) is 5.43. The van der Waals surface area contributed by atoms with Gasteiger partial charge in [0, 0.05) is 37.5 Å². The first-order chi connectivity index (χ1) is 12.5. The first-order valence-electron chi connectivity index (χ1n) is 8.95. The van der Waals surface area contributed by atoms with E-state index in [0.29, 0.717) is 12.3 Å². The molecule has 0 radical (unpaired) electrons. The minimum atomic E-state index is -0.562. The van der Waals surface area contributed by atoms with Crippen LogP contribution < -0.4 is 4.90 Å². The fourth-order valence-electron chi connectivity index (χ4n) is 3.98. The van der Waals surface area contributed by atoms with Gasteiger partial charge in [-0.3, -0.25) is 0 Å². The number of halogens is 2. The van der Waals surface area contributed by atoms with Crippen molar-refractivity contribution in [2.24, 2.45) is 5.92 Å². The van der Waals surface area contributed by atoms with Crippen molar-refractivity contribution in [3.05, 3.63) is 69.9 Å². The number of rotatable bonds is 3. The van der Waals surface area contributed by atoms with Crippen LogP contribution in [0.4, 0.5) is 5.88 Å². The minimum absolute atomic E-state index is 0.364. The molecule has 136 valence electrons. The van der Waals surface area contributed by atoms with Crippen LogP contribution in [-0.4, -0.2) is 19.3 Å². The summed E-state index contributed by atoms with van der Waals surface area (Å²) in [6.07, 6.45) is 7.71. The Hall–Kier alpha value is -1.71. The quantitative estimate of drug-likeness (QED) is 0.656. The van der Waals surface area contributed by atoms with E-state index >= 15 is 0 Å². The van der Waals surface area contributed by atoms with Crippen LogP contribution in [0.1, 0.15) is 29.7 Å². The van der Waals surface area contributed by atoms with Crippen molar-refractivity contribution in [3.8, 4) is 0 Å². The van der Waals surface area contributed by atoms with E-state index < -0.39 is 4.87 Å².